The normalized spacial score (nSPS) is 17.6. The van der Waals surface area contributed by atoms with Crippen LogP contribution in [0.25, 0.3) is 0 Å². The molecule has 1 aromatic heterocycles. The number of hydrogen-bond donors (Lipinski definition) is 2. The molecule has 2 N–H and O–H groups in total. The van der Waals surface area contributed by atoms with Gasteiger partial charge in [0.05, 0.1) is 17.3 Å². The first-order chi connectivity index (χ1) is 16.4. The minimum absolute atomic E-state index is 0.0357. The topological polar surface area (TPSA) is 103 Å². The highest BCUT2D eigenvalue weighted by Gasteiger charge is 2.30. The zero-order chi connectivity index (χ0) is 24.0. The summed E-state index contributed by atoms with van der Waals surface area (Å²) in [5.41, 5.74) is 0.844. The maximum Gasteiger partial charge on any atom is 0.287 e. The van der Waals surface area contributed by atoms with E-state index in [1.54, 1.807) is 42.5 Å². The number of carbonyl (C=O) groups excluding carboxylic acids is 1. The number of benzene rings is 2. The van der Waals surface area contributed by atoms with Crippen LogP contribution in [0.15, 0.2) is 88.4 Å². The van der Waals surface area contributed by atoms with Gasteiger partial charge in [0, 0.05) is 38.8 Å². The van der Waals surface area contributed by atoms with Crippen molar-refractivity contribution in [2.45, 2.75) is 30.0 Å². The molecule has 1 aliphatic heterocycles. The number of nitrogens with one attached hydrogen (secondary N) is 1. The average Bonchev–Trinajstić information content (AvgIpc) is 3.52. The minimum atomic E-state index is -3.79. The van der Waals surface area contributed by atoms with Crippen molar-refractivity contribution >= 4 is 15.9 Å². The number of β-amino-alcohol motifs (C(OH)–C–C–N with tert-alkyl or cyclic N) is 1. The summed E-state index contributed by atoms with van der Waals surface area (Å²) in [6.45, 7) is 1.71. The lowest BCUT2D eigenvalue weighted by molar-refractivity contribution is 0.0899. The summed E-state index contributed by atoms with van der Waals surface area (Å²) in [4.78, 5) is 14.4. The maximum atomic E-state index is 13.3. The predicted molar refractivity (Wildman–Crippen MR) is 128 cm³/mol. The molecule has 3 aromatic rings. The second kappa shape index (κ2) is 11.0. The largest absolute Gasteiger partial charge is 0.459 e. The first-order valence-corrected chi connectivity index (χ1v) is 12.7. The molecular weight excluding hydrogens is 454 g/mol. The van der Waals surface area contributed by atoms with Crippen LogP contribution in [-0.4, -0.2) is 67.0 Å². The Morgan fingerprint density at radius 3 is 2.47 bits per heavy atom. The average molecular weight is 484 g/mol. The van der Waals surface area contributed by atoms with Crippen molar-refractivity contribution < 1.29 is 22.7 Å². The van der Waals surface area contributed by atoms with E-state index in [1.165, 1.54) is 10.6 Å². The summed E-state index contributed by atoms with van der Waals surface area (Å²) in [6.07, 6.45) is 1.31. The Morgan fingerprint density at radius 2 is 1.79 bits per heavy atom. The molecule has 4 rings (SSSR count). The number of amides is 1. The van der Waals surface area contributed by atoms with E-state index in [2.05, 4.69) is 5.32 Å². The van der Waals surface area contributed by atoms with Gasteiger partial charge >= 0.3 is 0 Å². The van der Waals surface area contributed by atoms with E-state index >= 15 is 0 Å². The van der Waals surface area contributed by atoms with Crippen molar-refractivity contribution in [2.75, 3.05) is 26.2 Å². The van der Waals surface area contributed by atoms with Crippen LogP contribution in [0, 0.1) is 0 Å². The third-order valence-corrected chi connectivity index (χ3v) is 7.64. The number of nitrogens with zero attached hydrogens (tertiary/aromatic N) is 2. The molecule has 0 spiro atoms. The van der Waals surface area contributed by atoms with Gasteiger partial charge in [-0.15, -0.1) is 0 Å². The maximum absolute atomic E-state index is 13.3. The van der Waals surface area contributed by atoms with Gasteiger partial charge in [-0.2, -0.15) is 4.31 Å². The predicted octanol–water partition coefficient (Wildman–Crippen LogP) is 2.34. The smallest absolute Gasteiger partial charge is 0.287 e. The van der Waals surface area contributed by atoms with E-state index in [0.717, 1.165) is 12.0 Å². The van der Waals surface area contributed by atoms with Gasteiger partial charge in [-0.1, -0.05) is 48.5 Å². The van der Waals surface area contributed by atoms with Gasteiger partial charge in [-0.25, -0.2) is 8.42 Å². The minimum Gasteiger partial charge on any atom is -0.459 e. The summed E-state index contributed by atoms with van der Waals surface area (Å²) in [5.74, 6) is 0.00143. The summed E-state index contributed by atoms with van der Waals surface area (Å²) in [7, 11) is -3.79. The van der Waals surface area contributed by atoms with Crippen molar-refractivity contribution in [3.8, 4) is 0 Å². The zero-order valence-corrected chi connectivity index (χ0v) is 19.6. The fraction of sp³-hybridized carbons (Fsp3) is 0.320. The molecule has 2 unspecified atom stereocenters. The lowest BCUT2D eigenvalue weighted by Gasteiger charge is -2.27. The van der Waals surface area contributed by atoms with E-state index in [-0.39, 0.29) is 35.7 Å². The fourth-order valence-corrected chi connectivity index (χ4v) is 5.63. The van der Waals surface area contributed by atoms with E-state index in [4.69, 9.17) is 4.42 Å². The SMILES string of the molecule is O=C(NC1CCN(CC(O)CN(Cc2ccccc2)S(=O)(=O)c2ccccc2)C1)c1ccco1. The standard InChI is InChI=1S/C25H29N3O5S/c29-22(18-27-14-13-21(17-27)26-25(30)24-12-7-15-33-24)19-28(16-20-8-3-1-4-9-20)34(31,32)23-10-5-2-6-11-23/h1-12,15,21-22,29H,13-14,16-19H2,(H,26,30). The molecule has 0 radical (unpaired) electrons. The first-order valence-electron chi connectivity index (χ1n) is 11.3. The number of aliphatic hydroxyl groups is 1. The second-order valence-corrected chi connectivity index (χ2v) is 10.4. The molecule has 0 bridgehead atoms. The van der Waals surface area contributed by atoms with Crippen LogP contribution in [0.2, 0.25) is 0 Å². The zero-order valence-electron chi connectivity index (χ0n) is 18.8. The molecular formula is C25H29N3O5S. The lowest BCUT2D eigenvalue weighted by Crippen LogP contribution is -2.43. The molecule has 0 aliphatic carbocycles. The summed E-state index contributed by atoms with van der Waals surface area (Å²) >= 11 is 0. The van der Waals surface area contributed by atoms with Crippen LogP contribution >= 0.6 is 0 Å². The van der Waals surface area contributed by atoms with Gasteiger partial charge in [-0.3, -0.25) is 9.69 Å². The number of carbonyl (C=O) groups is 1. The van der Waals surface area contributed by atoms with Crippen LogP contribution in [0.4, 0.5) is 0 Å². The lowest BCUT2D eigenvalue weighted by atomic mass is 10.2. The summed E-state index contributed by atoms with van der Waals surface area (Å²) in [5, 5.41) is 13.8. The van der Waals surface area contributed by atoms with Gasteiger partial charge in [-0.05, 0) is 36.2 Å². The van der Waals surface area contributed by atoms with Gasteiger partial charge in [0.15, 0.2) is 5.76 Å². The Balaban J connectivity index is 1.38. The quantitative estimate of drug-likeness (QED) is 0.459. The number of furan rings is 1. The third-order valence-electron chi connectivity index (χ3n) is 5.82. The van der Waals surface area contributed by atoms with Crippen LogP contribution < -0.4 is 5.32 Å². The van der Waals surface area contributed by atoms with Crippen molar-refractivity contribution in [3.63, 3.8) is 0 Å². The van der Waals surface area contributed by atoms with E-state index < -0.39 is 16.1 Å². The number of likely N-dealkylation sites (tertiary alicyclic amines) is 1. The van der Waals surface area contributed by atoms with Crippen molar-refractivity contribution in [3.05, 3.63) is 90.4 Å². The van der Waals surface area contributed by atoms with E-state index in [0.29, 0.717) is 19.6 Å². The molecule has 1 fully saturated rings. The number of rotatable bonds is 10. The molecule has 8 nitrogen and oxygen atoms in total. The first kappa shape index (κ1) is 24.2. The number of sulfonamides is 1. The van der Waals surface area contributed by atoms with Crippen molar-refractivity contribution in [1.82, 2.24) is 14.5 Å². The molecule has 2 atom stereocenters. The highest BCUT2D eigenvalue weighted by atomic mass is 32.2. The molecule has 34 heavy (non-hydrogen) atoms. The van der Waals surface area contributed by atoms with Crippen LogP contribution in [-0.2, 0) is 16.6 Å². The molecule has 9 heteroatoms. The van der Waals surface area contributed by atoms with Crippen molar-refractivity contribution in [1.29, 1.82) is 0 Å². The van der Waals surface area contributed by atoms with Crippen LogP contribution in [0.5, 0.6) is 0 Å². The third kappa shape index (κ3) is 6.12. The van der Waals surface area contributed by atoms with Crippen LogP contribution in [0.1, 0.15) is 22.5 Å². The van der Waals surface area contributed by atoms with E-state index in [9.17, 15) is 18.3 Å². The van der Waals surface area contributed by atoms with Gasteiger partial charge < -0.3 is 14.8 Å². The highest BCUT2D eigenvalue weighted by molar-refractivity contribution is 7.89. The molecule has 1 aliphatic rings. The van der Waals surface area contributed by atoms with Gasteiger partial charge in [0.1, 0.15) is 0 Å². The Kier molecular flexibility index (Phi) is 7.79. The Labute approximate surface area is 199 Å². The Morgan fingerprint density at radius 1 is 1.09 bits per heavy atom. The molecule has 1 saturated heterocycles. The highest BCUT2D eigenvalue weighted by Crippen LogP contribution is 2.19. The monoisotopic (exact) mass is 483 g/mol. The molecule has 1 amide bonds. The molecule has 0 saturated carbocycles. The molecule has 2 aromatic carbocycles. The van der Waals surface area contributed by atoms with Gasteiger partial charge in [0.25, 0.3) is 5.91 Å². The summed E-state index contributed by atoms with van der Waals surface area (Å²) < 4.78 is 33.1. The number of hydrogen-bond acceptors (Lipinski definition) is 6. The number of aliphatic hydroxyl groups excluding tert-OH is 1. The summed E-state index contributed by atoms with van der Waals surface area (Å²) in [6, 6.07) is 20.8. The fourth-order valence-electron chi connectivity index (χ4n) is 4.15. The van der Waals surface area contributed by atoms with Crippen LogP contribution in [0.3, 0.4) is 0 Å². The van der Waals surface area contributed by atoms with Gasteiger partial charge in [0.2, 0.25) is 10.0 Å². The Hall–Kier alpha value is -2.98. The molecule has 2 heterocycles. The van der Waals surface area contributed by atoms with Crippen molar-refractivity contribution in [2.24, 2.45) is 0 Å². The second-order valence-electron chi connectivity index (χ2n) is 8.45. The molecule has 180 valence electrons. The van der Waals surface area contributed by atoms with E-state index in [1.807, 2.05) is 35.2 Å². The Bertz CT molecular complexity index is 1150.